The van der Waals surface area contributed by atoms with Crippen LogP contribution < -0.4 is 10.6 Å². The van der Waals surface area contributed by atoms with E-state index < -0.39 is 5.41 Å². The average molecular weight is 350 g/mol. The van der Waals surface area contributed by atoms with E-state index in [2.05, 4.69) is 21.7 Å². The number of rotatable bonds is 6. The molecule has 1 aliphatic heterocycles. The number of carbonyl (C=O) groups excluding carboxylic acids is 1. The fourth-order valence-corrected chi connectivity index (χ4v) is 3.29. The van der Waals surface area contributed by atoms with Gasteiger partial charge in [-0.15, -0.1) is 0 Å². The van der Waals surface area contributed by atoms with Crippen LogP contribution >= 0.6 is 0 Å². The van der Waals surface area contributed by atoms with E-state index >= 15 is 0 Å². The lowest BCUT2D eigenvalue weighted by molar-refractivity contribution is -0.130. The van der Waals surface area contributed by atoms with Crippen molar-refractivity contribution >= 4 is 11.7 Å². The monoisotopic (exact) mass is 350 g/mol. The fraction of sp³-hybridized carbons (Fsp3) is 0.350. The third-order valence-corrected chi connectivity index (χ3v) is 4.74. The first kappa shape index (κ1) is 17.9. The topological polar surface area (TPSA) is 87.0 Å². The predicted octanol–water partition coefficient (Wildman–Crippen LogP) is 2.23. The zero-order valence-corrected chi connectivity index (χ0v) is 14.6. The summed E-state index contributed by atoms with van der Waals surface area (Å²) in [6.07, 6.45) is 2.98. The molecule has 1 aliphatic rings. The number of nitrogens with one attached hydrogen (secondary N) is 2. The van der Waals surface area contributed by atoms with Gasteiger partial charge in [-0.3, -0.25) is 4.79 Å². The molecule has 6 nitrogen and oxygen atoms in total. The van der Waals surface area contributed by atoms with Gasteiger partial charge in [-0.1, -0.05) is 30.3 Å². The highest BCUT2D eigenvalue weighted by Gasteiger charge is 2.41. The molecule has 1 aromatic carbocycles. The van der Waals surface area contributed by atoms with E-state index in [9.17, 15) is 4.79 Å². The van der Waals surface area contributed by atoms with Crippen LogP contribution in [-0.2, 0) is 14.9 Å². The molecule has 26 heavy (non-hydrogen) atoms. The van der Waals surface area contributed by atoms with E-state index in [0.717, 1.165) is 5.56 Å². The maximum absolute atomic E-state index is 13.0. The number of hydrogen-bond acceptors (Lipinski definition) is 5. The van der Waals surface area contributed by atoms with E-state index in [1.807, 2.05) is 30.3 Å². The number of amides is 1. The van der Waals surface area contributed by atoms with Gasteiger partial charge in [0, 0.05) is 32.5 Å². The first-order valence-electron chi connectivity index (χ1n) is 8.77. The summed E-state index contributed by atoms with van der Waals surface area (Å²) >= 11 is 0. The van der Waals surface area contributed by atoms with Crippen molar-refractivity contribution in [3.8, 4) is 6.07 Å². The third kappa shape index (κ3) is 3.84. The summed E-state index contributed by atoms with van der Waals surface area (Å²) in [6.45, 7) is 2.12. The van der Waals surface area contributed by atoms with Crippen molar-refractivity contribution in [3.63, 3.8) is 0 Å². The summed E-state index contributed by atoms with van der Waals surface area (Å²) in [5.41, 5.74) is 0.983. The Hall–Kier alpha value is -2.91. The molecular formula is C20H22N4O2. The highest BCUT2D eigenvalue weighted by molar-refractivity contribution is 5.88. The molecule has 1 saturated heterocycles. The summed E-state index contributed by atoms with van der Waals surface area (Å²) < 4.78 is 5.47. The van der Waals surface area contributed by atoms with Crippen LogP contribution in [0.25, 0.3) is 0 Å². The minimum Gasteiger partial charge on any atom is -0.381 e. The van der Waals surface area contributed by atoms with Crippen LogP contribution in [0, 0.1) is 11.3 Å². The quantitative estimate of drug-likeness (QED) is 0.780. The van der Waals surface area contributed by atoms with E-state index in [0.29, 0.717) is 50.5 Å². The molecule has 6 heteroatoms. The second-order valence-corrected chi connectivity index (χ2v) is 6.25. The highest BCUT2D eigenvalue weighted by atomic mass is 16.5. The van der Waals surface area contributed by atoms with Crippen molar-refractivity contribution in [1.82, 2.24) is 10.3 Å². The first-order valence-corrected chi connectivity index (χ1v) is 8.77. The van der Waals surface area contributed by atoms with E-state index in [1.54, 1.807) is 18.3 Å². The summed E-state index contributed by atoms with van der Waals surface area (Å²) in [4.78, 5) is 17.1. The standard InChI is InChI=1S/C20H22N4O2/c21-15-16-5-4-10-22-18(16)23-11-12-24-19(25)20(8-13-26-14-9-20)17-6-2-1-3-7-17/h1-7,10H,8-9,11-14H2,(H,22,23)(H,24,25). The smallest absolute Gasteiger partial charge is 0.230 e. The molecule has 134 valence electrons. The van der Waals surface area contributed by atoms with Crippen LogP contribution in [-0.4, -0.2) is 37.2 Å². The summed E-state index contributed by atoms with van der Waals surface area (Å²) in [5.74, 6) is 0.559. The Kier molecular flexibility index (Phi) is 5.82. The fourth-order valence-electron chi connectivity index (χ4n) is 3.29. The zero-order chi connectivity index (χ0) is 18.2. The molecule has 0 spiro atoms. The van der Waals surface area contributed by atoms with Crippen molar-refractivity contribution in [2.24, 2.45) is 0 Å². The van der Waals surface area contributed by atoms with Crippen LogP contribution in [0.5, 0.6) is 0 Å². The summed E-state index contributed by atoms with van der Waals surface area (Å²) in [7, 11) is 0. The minimum absolute atomic E-state index is 0.0235. The molecule has 1 fully saturated rings. The van der Waals surface area contributed by atoms with Crippen molar-refractivity contribution in [2.75, 3.05) is 31.6 Å². The Labute approximate surface area is 153 Å². The van der Waals surface area contributed by atoms with Crippen molar-refractivity contribution < 1.29 is 9.53 Å². The zero-order valence-electron chi connectivity index (χ0n) is 14.6. The van der Waals surface area contributed by atoms with Gasteiger partial charge >= 0.3 is 0 Å². The van der Waals surface area contributed by atoms with Gasteiger partial charge in [0.1, 0.15) is 11.9 Å². The van der Waals surface area contributed by atoms with Crippen LogP contribution in [0.3, 0.4) is 0 Å². The lowest BCUT2D eigenvalue weighted by Crippen LogP contribution is -2.49. The van der Waals surface area contributed by atoms with Gasteiger partial charge in [0.2, 0.25) is 5.91 Å². The Morgan fingerprint density at radius 2 is 1.92 bits per heavy atom. The molecule has 0 aliphatic carbocycles. The van der Waals surface area contributed by atoms with Gasteiger partial charge in [-0.2, -0.15) is 5.26 Å². The molecule has 0 unspecified atom stereocenters. The van der Waals surface area contributed by atoms with Gasteiger partial charge in [0.15, 0.2) is 0 Å². The van der Waals surface area contributed by atoms with Crippen LogP contribution in [0.4, 0.5) is 5.82 Å². The van der Waals surface area contributed by atoms with Crippen molar-refractivity contribution in [3.05, 3.63) is 59.8 Å². The number of ether oxygens (including phenoxy) is 1. The molecule has 0 radical (unpaired) electrons. The number of anilines is 1. The number of carbonyl (C=O) groups is 1. The molecule has 1 aromatic heterocycles. The highest BCUT2D eigenvalue weighted by Crippen LogP contribution is 2.35. The molecule has 0 saturated carbocycles. The lowest BCUT2D eigenvalue weighted by Gasteiger charge is -2.36. The SMILES string of the molecule is N#Cc1cccnc1NCCNC(=O)C1(c2ccccc2)CCOCC1. The van der Waals surface area contributed by atoms with Crippen molar-refractivity contribution in [1.29, 1.82) is 5.26 Å². The number of hydrogen-bond donors (Lipinski definition) is 2. The molecule has 2 heterocycles. The minimum atomic E-state index is -0.539. The second kappa shape index (κ2) is 8.45. The van der Waals surface area contributed by atoms with E-state index in [4.69, 9.17) is 10.00 Å². The van der Waals surface area contributed by atoms with Gasteiger partial charge in [0.05, 0.1) is 11.0 Å². The van der Waals surface area contributed by atoms with Crippen molar-refractivity contribution in [2.45, 2.75) is 18.3 Å². The molecular weight excluding hydrogens is 328 g/mol. The number of aromatic nitrogens is 1. The third-order valence-electron chi connectivity index (χ3n) is 4.74. The Balaban J connectivity index is 1.61. The van der Waals surface area contributed by atoms with Gasteiger partial charge in [0.25, 0.3) is 0 Å². The second-order valence-electron chi connectivity index (χ2n) is 6.25. The first-order chi connectivity index (χ1) is 12.8. The number of nitrogens with zero attached hydrogens (tertiary/aromatic N) is 2. The van der Waals surface area contributed by atoms with Crippen LogP contribution in [0.15, 0.2) is 48.7 Å². The molecule has 2 N–H and O–H groups in total. The maximum Gasteiger partial charge on any atom is 0.230 e. The van der Waals surface area contributed by atoms with Crippen LogP contribution in [0.1, 0.15) is 24.0 Å². The summed E-state index contributed by atoms with van der Waals surface area (Å²) in [5, 5.41) is 15.2. The Morgan fingerprint density at radius 3 is 2.65 bits per heavy atom. The lowest BCUT2D eigenvalue weighted by atomic mass is 9.73. The summed E-state index contributed by atoms with van der Waals surface area (Å²) in [6, 6.07) is 15.4. The molecule has 2 aromatic rings. The molecule has 0 atom stereocenters. The maximum atomic E-state index is 13.0. The van der Waals surface area contributed by atoms with E-state index in [-0.39, 0.29) is 5.91 Å². The number of benzene rings is 1. The van der Waals surface area contributed by atoms with Gasteiger partial charge < -0.3 is 15.4 Å². The number of pyridine rings is 1. The molecule has 3 rings (SSSR count). The normalized spacial score (nSPS) is 15.7. The Bertz CT molecular complexity index is 780. The average Bonchev–Trinajstić information content (AvgIpc) is 2.72. The van der Waals surface area contributed by atoms with Crippen LogP contribution in [0.2, 0.25) is 0 Å². The van der Waals surface area contributed by atoms with Gasteiger partial charge in [-0.05, 0) is 30.5 Å². The van der Waals surface area contributed by atoms with E-state index in [1.165, 1.54) is 0 Å². The number of nitriles is 1. The van der Waals surface area contributed by atoms with Gasteiger partial charge in [-0.25, -0.2) is 4.98 Å². The molecule has 1 amide bonds. The molecule has 0 bridgehead atoms. The Morgan fingerprint density at radius 1 is 1.15 bits per heavy atom. The largest absolute Gasteiger partial charge is 0.381 e. The predicted molar refractivity (Wildman–Crippen MR) is 98.6 cm³/mol.